The van der Waals surface area contributed by atoms with Gasteiger partial charge in [-0.25, -0.2) is 18.1 Å². The van der Waals surface area contributed by atoms with Crippen LogP contribution in [0, 0.1) is 5.92 Å². The van der Waals surface area contributed by atoms with Crippen molar-refractivity contribution in [2.45, 2.75) is 44.8 Å². The Labute approximate surface area is 108 Å². The quantitative estimate of drug-likeness (QED) is 0.802. The number of aliphatic hydroxyl groups is 1. The predicted molar refractivity (Wildman–Crippen MR) is 68.6 cm³/mol. The van der Waals surface area contributed by atoms with Crippen molar-refractivity contribution >= 4 is 10.0 Å². The summed E-state index contributed by atoms with van der Waals surface area (Å²) in [5.41, 5.74) is 0. The Hall–Kier alpha value is -0.920. The molecule has 6 nitrogen and oxygen atoms in total. The normalized spacial score (nSPS) is 15.9. The van der Waals surface area contributed by atoms with Gasteiger partial charge in [0.05, 0.1) is 6.33 Å². The Kier molecular flexibility index (Phi) is 4.89. The van der Waals surface area contributed by atoms with E-state index in [1.54, 1.807) is 18.4 Å². The summed E-state index contributed by atoms with van der Waals surface area (Å²) in [5.74, 6) is -0.146. The Morgan fingerprint density at radius 2 is 2.00 bits per heavy atom. The fourth-order valence-electron chi connectivity index (χ4n) is 1.32. The highest BCUT2D eigenvalue weighted by Gasteiger charge is 2.23. The molecule has 0 radical (unpaired) electrons. The topological polar surface area (TPSA) is 84.2 Å². The van der Waals surface area contributed by atoms with Crippen LogP contribution >= 0.6 is 0 Å². The van der Waals surface area contributed by atoms with Gasteiger partial charge in [-0.3, -0.25) is 0 Å². The molecular formula is C11H21N3O3S. The lowest BCUT2D eigenvalue weighted by Gasteiger charge is -2.18. The number of hydrogen-bond acceptors (Lipinski definition) is 4. The second-order valence-corrected chi connectivity index (χ2v) is 6.48. The molecule has 1 rings (SSSR count). The minimum Gasteiger partial charge on any atom is -0.396 e. The lowest BCUT2D eigenvalue weighted by molar-refractivity contribution is 0.216. The molecule has 0 aromatic carbocycles. The maximum Gasteiger partial charge on any atom is 0.259 e. The van der Waals surface area contributed by atoms with E-state index >= 15 is 0 Å². The van der Waals surface area contributed by atoms with Gasteiger partial charge in [-0.2, -0.15) is 0 Å². The second kappa shape index (κ2) is 5.81. The van der Waals surface area contributed by atoms with Crippen LogP contribution in [0.3, 0.4) is 0 Å². The number of nitrogens with zero attached hydrogens (tertiary/aromatic N) is 2. The van der Waals surface area contributed by atoms with Crippen molar-refractivity contribution in [1.82, 2.24) is 14.3 Å². The highest BCUT2D eigenvalue weighted by atomic mass is 32.2. The van der Waals surface area contributed by atoms with Crippen LogP contribution in [0.2, 0.25) is 0 Å². The zero-order valence-electron chi connectivity index (χ0n) is 11.2. The van der Waals surface area contributed by atoms with Crippen LogP contribution in [-0.2, 0) is 10.0 Å². The molecule has 0 aliphatic rings. The number of aromatic nitrogens is 2. The molecule has 2 unspecified atom stereocenters. The van der Waals surface area contributed by atoms with Gasteiger partial charge in [0.1, 0.15) is 0 Å². The van der Waals surface area contributed by atoms with E-state index in [1.165, 1.54) is 12.5 Å². The van der Waals surface area contributed by atoms with Crippen LogP contribution in [0.4, 0.5) is 0 Å². The summed E-state index contributed by atoms with van der Waals surface area (Å²) in [6, 6.07) is -0.181. The standard InChI is InChI=1S/C11H21N3O3S/c1-8(2)14-5-11(12-7-14)18(16,17)13-10(4)9(3)6-15/h5,7-10,13,15H,6H2,1-4H3. The van der Waals surface area contributed by atoms with E-state index in [0.717, 1.165) is 0 Å². The molecule has 0 amide bonds. The Balaban J connectivity index is 2.86. The molecule has 0 bridgehead atoms. The zero-order valence-corrected chi connectivity index (χ0v) is 12.0. The van der Waals surface area contributed by atoms with Gasteiger partial charge in [0.15, 0.2) is 5.03 Å². The molecule has 2 atom stereocenters. The number of hydrogen-bond donors (Lipinski definition) is 2. The van der Waals surface area contributed by atoms with E-state index in [2.05, 4.69) is 9.71 Å². The van der Waals surface area contributed by atoms with Crippen molar-refractivity contribution in [3.8, 4) is 0 Å². The fourth-order valence-corrected chi connectivity index (χ4v) is 2.61. The van der Waals surface area contributed by atoms with E-state index in [-0.39, 0.29) is 29.6 Å². The van der Waals surface area contributed by atoms with Crippen LogP contribution in [0.25, 0.3) is 0 Å². The SMILES string of the molecule is CC(CO)C(C)NS(=O)(=O)c1cn(C(C)C)cn1. The smallest absolute Gasteiger partial charge is 0.259 e. The average Bonchev–Trinajstić information content (AvgIpc) is 2.77. The van der Waals surface area contributed by atoms with Gasteiger partial charge >= 0.3 is 0 Å². The first-order valence-electron chi connectivity index (χ1n) is 5.94. The van der Waals surface area contributed by atoms with Crippen LogP contribution in [-0.4, -0.2) is 35.7 Å². The van der Waals surface area contributed by atoms with Gasteiger partial charge in [0.25, 0.3) is 10.0 Å². The van der Waals surface area contributed by atoms with Crippen LogP contribution in [0.5, 0.6) is 0 Å². The van der Waals surface area contributed by atoms with Crippen molar-refractivity contribution in [3.63, 3.8) is 0 Å². The first kappa shape index (κ1) is 15.1. The summed E-state index contributed by atoms with van der Waals surface area (Å²) in [6.45, 7) is 7.33. The largest absolute Gasteiger partial charge is 0.396 e. The van der Waals surface area contributed by atoms with E-state index < -0.39 is 10.0 Å². The molecular weight excluding hydrogens is 254 g/mol. The molecule has 0 saturated heterocycles. The third-order valence-electron chi connectivity index (χ3n) is 2.93. The minimum atomic E-state index is -3.62. The third kappa shape index (κ3) is 3.54. The molecule has 0 saturated carbocycles. The van der Waals surface area contributed by atoms with Gasteiger partial charge in [-0.15, -0.1) is 0 Å². The highest BCUT2D eigenvalue weighted by molar-refractivity contribution is 7.89. The summed E-state index contributed by atoms with van der Waals surface area (Å²) in [4.78, 5) is 3.90. The Bertz CT molecular complexity index is 481. The molecule has 2 N–H and O–H groups in total. The molecule has 1 aromatic heterocycles. The number of sulfonamides is 1. The van der Waals surface area contributed by atoms with Crippen LogP contribution < -0.4 is 4.72 Å². The fraction of sp³-hybridized carbons (Fsp3) is 0.727. The monoisotopic (exact) mass is 275 g/mol. The molecule has 7 heteroatoms. The van der Waals surface area contributed by atoms with Gasteiger partial charge in [-0.05, 0) is 26.7 Å². The molecule has 0 aliphatic carbocycles. The van der Waals surface area contributed by atoms with E-state index in [9.17, 15) is 8.42 Å². The summed E-state index contributed by atoms with van der Waals surface area (Å²) < 4.78 is 28.3. The first-order chi connectivity index (χ1) is 8.27. The maximum atomic E-state index is 12.0. The zero-order chi connectivity index (χ0) is 13.9. The summed E-state index contributed by atoms with van der Waals surface area (Å²) in [6.07, 6.45) is 3.00. The lowest BCUT2D eigenvalue weighted by Crippen LogP contribution is -2.38. The summed E-state index contributed by atoms with van der Waals surface area (Å²) in [5, 5.41) is 9.00. The maximum absolute atomic E-state index is 12.0. The Morgan fingerprint density at radius 3 is 2.44 bits per heavy atom. The van der Waals surface area contributed by atoms with E-state index in [1.807, 2.05) is 13.8 Å². The molecule has 0 aliphatic heterocycles. The minimum absolute atomic E-state index is 0.00758. The van der Waals surface area contributed by atoms with Crippen molar-refractivity contribution in [2.24, 2.45) is 5.92 Å². The highest BCUT2D eigenvalue weighted by Crippen LogP contribution is 2.12. The number of aliphatic hydroxyl groups excluding tert-OH is 1. The number of nitrogens with one attached hydrogen (secondary N) is 1. The van der Waals surface area contributed by atoms with E-state index in [4.69, 9.17) is 5.11 Å². The number of imidazole rings is 1. The Morgan fingerprint density at radius 1 is 1.39 bits per heavy atom. The van der Waals surface area contributed by atoms with Crippen molar-refractivity contribution in [1.29, 1.82) is 0 Å². The van der Waals surface area contributed by atoms with Gasteiger partial charge in [0.2, 0.25) is 0 Å². The summed E-state index contributed by atoms with van der Waals surface area (Å²) in [7, 11) is -3.62. The van der Waals surface area contributed by atoms with Crippen LogP contribution in [0.15, 0.2) is 17.6 Å². The van der Waals surface area contributed by atoms with Crippen molar-refractivity contribution in [2.75, 3.05) is 6.61 Å². The average molecular weight is 275 g/mol. The molecule has 0 fully saturated rings. The lowest BCUT2D eigenvalue weighted by atomic mass is 10.1. The first-order valence-corrected chi connectivity index (χ1v) is 7.43. The second-order valence-electron chi connectivity index (χ2n) is 4.82. The number of rotatable bonds is 6. The third-order valence-corrected chi connectivity index (χ3v) is 4.38. The predicted octanol–water partition coefficient (Wildman–Crippen LogP) is 0.759. The summed E-state index contributed by atoms with van der Waals surface area (Å²) >= 11 is 0. The molecule has 1 aromatic rings. The van der Waals surface area contributed by atoms with Crippen molar-refractivity contribution < 1.29 is 13.5 Å². The molecule has 0 spiro atoms. The molecule has 104 valence electrons. The van der Waals surface area contributed by atoms with Gasteiger partial charge < -0.3 is 9.67 Å². The van der Waals surface area contributed by atoms with Crippen LogP contribution in [0.1, 0.15) is 33.7 Å². The molecule has 18 heavy (non-hydrogen) atoms. The van der Waals surface area contributed by atoms with Crippen molar-refractivity contribution in [3.05, 3.63) is 12.5 Å². The van der Waals surface area contributed by atoms with Gasteiger partial charge in [-0.1, -0.05) is 6.92 Å². The van der Waals surface area contributed by atoms with E-state index in [0.29, 0.717) is 0 Å². The molecule has 1 heterocycles. The van der Waals surface area contributed by atoms with Gasteiger partial charge in [0, 0.05) is 24.9 Å².